The molecule has 1 aliphatic rings. The Morgan fingerprint density at radius 1 is 1.09 bits per heavy atom. The minimum atomic E-state index is -3.62. The van der Waals surface area contributed by atoms with Gasteiger partial charge >= 0.3 is 10.2 Å². The Morgan fingerprint density at radius 2 is 1.70 bits per heavy atom. The number of nitrogens with zero attached hydrogens (tertiary/aromatic N) is 1. The Kier molecular flexibility index (Phi) is 5.59. The van der Waals surface area contributed by atoms with Crippen LogP contribution in [0.25, 0.3) is 0 Å². The lowest BCUT2D eigenvalue weighted by Gasteiger charge is -2.32. The quantitative estimate of drug-likeness (QED) is 0.856. The molecule has 1 aromatic carbocycles. The molecule has 0 spiro atoms. The average Bonchev–Trinajstić information content (AvgIpc) is 2.53. The first-order chi connectivity index (χ1) is 10.9. The van der Waals surface area contributed by atoms with Crippen molar-refractivity contribution in [3.05, 3.63) is 12.1 Å². The van der Waals surface area contributed by atoms with Gasteiger partial charge in [0.1, 0.15) is 0 Å². The number of hydrogen-bond donors (Lipinski definition) is 1. The van der Waals surface area contributed by atoms with Crippen LogP contribution in [0.15, 0.2) is 12.1 Å². The van der Waals surface area contributed by atoms with Crippen LogP contribution in [0.5, 0.6) is 17.2 Å². The SMILES string of the molecule is COc1cc(NS(=O)(=O)N2CCCCC2C)cc(OC)c1OC. The van der Waals surface area contributed by atoms with Crippen LogP contribution in [0.1, 0.15) is 26.2 Å². The van der Waals surface area contributed by atoms with Crippen LogP contribution in [0.3, 0.4) is 0 Å². The monoisotopic (exact) mass is 344 g/mol. The molecule has 1 aromatic rings. The summed E-state index contributed by atoms with van der Waals surface area (Å²) in [6.45, 7) is 2.45. The van der Waals surface area contributed by atoms with Gasteiger partial charge in [0.2, 0.25) is 5.75 Å². The molecule has 1 atom stereocenters. The molecule has 0 aliphatic carbocycles. The topological polar surface area (TPSA) is 77.1 Å². The zero-order valence-corrected chi connectivity index (χ0v) is 14.8. The summed E-state index contributed by atoms with van der Waals surface area (Å²) in [4.78, 5) is 0. The van der Waals surface area contributed by atoms with Gasteiger partial charge in [-0.2, -0.15) is 12.7 Å². The predicted octanol–water partition coefficient (Wildman–Crippen LogP) is 2.24. The molecule has 1 aliphatic heterocycles. The van der Waals surface area contributed by atoms with Crippen molar-refractivity contribution in [1.82, 2.24) is 4.31 Å². The van der Waals surface area contributed by atoms with E-state index in [9.17, 15) is 8.42 Å². The fraction of sp³-hybridized carbons (Fsp3) is 0.600. The predicted molar refractivity (Wildman–Crippen MR) is 88.7 cm³/mol. The van der Waals surface area contributed by atoms with E-state index in [0.717, 1.165) is 19.3 Å². The fourth-order valence-electron chi connectivity index (χ4n) is 2.78. The number of ether oxygens (including phenoxy) is 3. The Hall–Kier alpha value is -1.67. The second kappa shape index (κ2) is 7.27. The molecule has 0 bridgehead atoms. The molecule has 0 saturated carbocycles. The van der Waals surface area contributed by atoms with Crippen LogP contribution in [0.2, 0.25) is 0 Å². The normalized spacial score (nSPS) is 19.2. The number of methoxy groups -OCH3 is 3. The van der Waals surface area contributed by atoms with E-state index in [1.165, 1.54) is 25.6 Å². The zero-order chi connectivity index (χ0) is 17.0. The number of anilines is 1. The molecule has 0 radical (unpaired) electrons. The summed E-state index contributed by atoms with van der Waals surface area (Å²) in [7, 11) is 0.853. The highest BCUT2D eigenvalue weighted by Crippen LogP contribution is 2.40. The van der Waals surface area contributed by atoms with Crippen LogP contribution >= 0.6 is 0 Å². The largest absolute Gasteiger partial charge is 0.493 e. The van der Waals surface area contributed by atoms with Crippen molar-refractivity contribution in [2.75, 3.05) is 32.6 Å². The lowest BCUT2D eigenvalue weighted by atomic mass is 10.1. The maximum atomic E-state index is 12.6. The van der Waals surface area contributed by atoms with Gasteiger partial charge in [-0.15, -0.1) is 0 Å². The van der Waals surface area contributed by atoms with Gasteiger partial charge in [0.25, 0.3) is 0 Å². The molecule has 1 saturated heterocycles. The second-order valence-electron chi connectivity index (χ2n) is 5.48. The van der Waals surface area contributed by atoms with Crippen molar-refractivity contribution >= 4 is 15.9 Å². The lowest BCUT2D eigenvalue weighted by Crippen LogP contribution is -2.44. The van der Waals surface area contributed by atoms with E-state index in [2.05, 4.69) is 4.72 Å². The van der Waals surface area contributed by atoms with Gasteiger partial charge in [0.15, 0.2) is 11.5 Å². The van der Waals surface area contributed by atoms with Crippen molar-refractivity contribution < 1.29 is 22.6 Å². The summed E-state index contributed by atoms with van der Waals surface area (Å²) >= 11 is 0. The van der Waals surface area contributed by atoms with Crippen LogP contribution in [0.4, 0.5) is 5.69 Å². The van der Waals surface area contributed by atoms with E-state index in [-0.39, 0.29) is 6.04 Å². The highest BCUT2D eigenvalue weighted by molar-refractivity contribution is 7.90. The van der Waals surface area contributed by atoms with Crippen molar-refractivity contribution in [3.8, 4) is 17.2 Å². The summed E-state index contributed by atoms with van der Waals surface area (Å²) in [5.41, 5.74) is 0.372. The van der Waals surface area contributed by atoms with Crippen LogP contribution in [-0.2, 0) is 10.2 Å². The van der Waals surface area contributed by atoms with Gasteiger partial charge in [-0.3, -0.25) is 4.72 Å². The molecule has 8 heteroatoms. The van der Waals surface area contributed by atoms with Crippen molar-refractivity contribution in [2.45, 2.75) is 32.2 Å². The van der Waals surface area contributed by atoms with Crippen LogP contribution < -0.4 is 18.9 Å². The molecule has 1 fully saturated rings. The molecule has 130 valence electrons. The number of piperidine rings is 1. The third-order valence-electron chi connectivity index (χ3n) is 3.96. The maximum absolute atomic E-state index is 12.6. The minimum absolute atomic E-state index is 0.0108. The van der Waals surface area contributed by atoms with Gasteiger partial charge in [-0.25, -0.2) is 0 Å². The third-order valence-corrected chi connectivity index (χ3v) is 5.62. The number of nitrogens with one attached hydrogen (secondary N) is 1. The Labute approximate surface area is 137 Å². The fourth-order valence-corrected chi connectivity index (χ4v) is 4.26. The highest BCUT2D eigenvalue weighted by atomic mass is 32.2. The molecule has 1 unspecified atom stereocenters. The van der Waals surface area contributed by atoms with E-state index in [1.54, 1.807) is 12.1 Å². The molecule has 1 N–H and O–H groups in total. The lowest BCUT2D eigenvalue weighted by molar-refractivity contribution is 0.270. The van der Waals surface area contributed by atoms with Gasteiger partial charge in [0.05, 0.1) is 27.0 Å². The summed E-state index contributed by atoms with van der Waals surface area (Å²) in [6.07, 6.45) is 2.80. The van der Waals surface area contributed by atoms with Gasteiger partial charge in [0, 0.05) is 24.7 Å². The van der Waals surface area contributed by atoms with E-state index in [4.69, 9.17) is 14.2 Å². The number of benzene rings is 1. The smallest absolute Gasteiger partial charge is 0.301 e. The molecule has 23 heavy (non-hydrogen) atoms. The minimum Gasteiger partial charge on any atom is -0.493 e. The Balaban J connectivity index is 2.31. The van der Waals surface area contributed by atoms with Gasteiger partial charge in [-0.1, -0.05) is 6.42 Å². The summed E-state index contributed by atoms with van der Waals surface area (Å²) in [5, 5.41) is 0. The van der Waals surface area contributed by atoms with E-state index >= 15 is 0 Å². The molecule has 1 heterocycles. The molecular formula is C15H24N2O5S. The van der Waals surface area contributed by atoms with Crippen molar-refractivity contribution in [2.24, 2.45) is 0 Å². The van der Waals surface area contributed by atoms with E-state index < -0.39 is 10.2 Å². The summed E-state index contributed by atoms with van der Waals surface area (Å²) < 4.78 is 45.1. The maximum Gasteiger partial charge on any atom is 0.301 e. The first-order valence-electron chi connectivity index (χ1n) is 7.52. The van der Waals surface area contributed by atoms with E-state index in [0.29, 0.717) is 29.5 Å². The standard InChI is InChI=1S/C15H24N2O5S/c1-11-7-5-6-8-17(11)23(18,19)16-12-9-13(20-2)15(22-4)14(10-12)21-3/h9-11,16H,5-8H2,1-4H3. The molecular weight excluding hydrogens is 320 g/mol. The molecule has 0 amide bonds. The number of hydrogen-bond acceptors (Lipinski definition) is 5. The van der Waals surface area contributed by atoms with Crippen molar-refractivity contribution in [3.63, 3.8) is 0 Å². The number of rotatable bonds is 6. The van der Waals surface area contributed by atoms with Crippen LogP contribution in [0, 0.1) is 0 Å². The summed E-state index contributed by atoms with van der Waals surface area (Å²) in [6, 6.07) is 3.14. The Morgan fingerprint density at radius 3 is 2.17 bits per heavy atom. The molecule has 0 aromatic heterocycles. The first kappa shape index (κ1) is 17.7. The average molecular weight is 344 g/mol. The first-order valence-corrected chi connectivity index (χ1v) is 8.96. The molecule has 7 nitrogen and oxygen atoms in total. The highest BCUT2D eigenvalue weighted by Gasteiger charge is 2.30. The van der Waals surface area contributed by atoms with Crippen LogP contribution in [-0.4, -0.2) is 46.6 Å². The Bertz CT molecular complexity index is 622. The summed E-state index contributed by atoms with van der Waals surface area (Å²) in [5.74, 6) is 1.22. The zero-order valence-electron chi connectivity index (χ0n) is 14.0. The third kappa shape index (κ3) is 3.81. The molecule has 2 rings (SSSR count). The van der Waals surface area contributed by atoms with Gasteiger partial charge in [-0.05, 0) is 19.8 Å². The van der Waals surface area contributed by atoms with E-state index in [1.807, 2.05) is 6.92 Å². The second-order valence-corrected chi connectivity index (χ2v) is 7.10. The van der Waals surface area contributed by atoms with Gasteiger partial charge < -0.3 is 14.2 Å². The van der Waals surface area contributed by atoms with Crippen molar-refractivity contribution in [1.29, 1.82) is 0 Å².